The first-order chi connectivity index (χ1) is 11.2. The Hall–Kier alpha value is -1.31. The number of piperidine rings is 1. The summed E-state index contributed by atoms with van der Waals surface area (Å²) in [6.07, 6.45) is 4.99. The highest BCUT2D eigenvalue weighted by Crippen LogP contribution is 2.49. The molecule has 2 aromatic rings. The van der Waals surface area contributed by atoms with Crippen LogP contribution in [0.4, 0.5) is 0 Å². The summed E-state index contributed by atoms with van der Waals surface area (Å²) >= 11 is 6.17. The van der Waals surface area contributed by atoms with Gasteiger partial charge in [0.25, 0.3) is 0 Å². The molecule has 2 unspecified atom stereocenters. The molecule has 2 heterocycles. The molecule has 0 spiro atoms. The molecule has 1 nitrogen and oxygen atoms in total. The quantitative estimate of drug-likeness (QED) is 0.727. The Labute approximate surface area is 144 Å². The normalized spacial score (nSPS) is 27.3. The highest BCUT2D eigenvalue weighted by molar-refractivity contribution is 6.30. The van der Waals surface area contributed by atoms with Crippen LogP contribution in [0.3, 0.4) is 0 Å². The molecule has 0 aliphatic carbocycles. The summed E-state index contributed by atoms with van der Waals surface area (Å²) in [5, 5.41) is 0.823. The third-order valence-electron chi connectivity index (χ3n) is 5.94. The zero-order valence-electron chi connectivity index (χ0n) is 13.8. The zero-order chi connectivity index (χ0) is 15.9. The van der Waals surface area contributed by atoms with Gasteiger partial charge in [-0.1, -0.05) is 61.3 Å². The van der Waals surface area contributed by atoms with E-state index in [1.165, 1.54) is 48.9 Å². The summed E-state index contributed by atoms with van der Waals surface area (Å²) in [5.41, 5.74) is 4.49. The minimum atomic E-state index is 0.0400. The second-order valence-electron chi connectivity index (χ2n) is 7.03. The second kappa shape index (κ2) is 5.96. The van der Waals surface area contributed by atoms with Crippen LogP contribution in [-0.2, 0) is 12.0 Å². The Morgan fingerprint density at radius 3 is 2.65 bits per heavy atom. The Morgan fingerprint density at radius 1 is 1.09 bits per heavy atom. The lowest BCUT2D eigenvalue weighted by atomic mass is 9.67. The van der Waals surface area contributed by atoms with Crippen LogP contribution in [-0.4, -0.2) is 18.0 Å². The molecule has 0 radical (unpaired) electrons. The maximum atomic E-state index is 6.17. The van der Waals surface area contributed by atoms with Gasteiger partial charge in [0.05, 0.1) is 5.54 Å². The number of hydrogen-bond acceptors (Lipinski definition) is 1. The van der Waals surface area contributed by atoms with Crippen LogP contribution in [0.25, 0.3) is 0 Å². The van der Waals surface area contributed by atoms with Gasteiger partial charge in [-0.05, 0) is 60.5 Å². The largest absolute Gasteiger partial charge is 0.289 e. The molecule has 0 saturated carbocycles. The van der Waals surface area contributed by atoms with Crippen LogP contribution in [0.2, 0.25) is 5.02 Å². The van der Waals surface area contributed by atoms with Gasteiger partial charge >= 0.3 is 0 Å². The van der Waals surface area contributed by atoms with Crippen LogP contribution >= 0.6 is 11.6 Å². The fraction of sp³-hybridized carbons (Fsp3) is 0.429. The van der Waals surface area contributed by atoms with Gasteiger partial charge in [-0.2, -0.15) is 0 Å². The van der Waals surface area contributed by atoms with Crippen LogP contribution in [0.5, 0.6) is 0 Å². The van der Waals surface area contributed by atoms with E-state index in [0.717, 1.165) is 17.5 Å². The van der Waals surface area contributed by atoms with Crippen LogP contribution in [0.15, 0.2) is 48.5 Å². The monoisotopic (exact) mass is 325 g/mol. The molecule has 0 bridgehead atoms. The predicted octanol–water partition coefficient (Wildman–Crippen LogP) is 5.26. The molecular formula is C21H24ClN. The lowest BCUT2D eigenvalue weighted by molar-refractivity contribution is 0.0367. The fourth-order valence-electron chi connectivity index (χ4n) is 4.69. The van der Waals surface area contributed by atoms with Gasteiger partial charge in [0.15, 0.2) is 0 Å². The number of rotatable bonds is 2. The number of benzene rings is 2. The van der Waals surface area contributed by atoms with E-state index in [9.17, 15) is 0 Å². The lowest BCUT2D eigenvalue weighted by Gasteiger charge is -2.53. The topological polar surface area (TPSA) is 3.24 Å². The minimum Gasteiger partial charge on any atom is -0.289 e. The van der Waals surface area contributed by atoms with Crippen molar-refractivity contribution >= 4 is 11.6 Å². The molecule has 2 heteroatoms. The predicted molar refractivity (Wildman–Crippen MR) is 97.0 cm³/mol. The Bertz CT molecular complexity index is 693. The summed E-state index contributed by atoms with van der Waals surface area (Å²) in [5.74, 6) is 0.799. The summed E-state index contributed by atoms with van der Waals surface area (Å²) in [6, 6.07) is 17.7. The van der Waals surface area contributed by atoms with Crippen molar-refractivity contribution in [3.8, 4) is 0 Å². The van der Waals surface area contributed by atoms with E-state index in [-0.39, 0.29) is 5.54 Å². The van der Waals surface area contributed by atoms with E-state index >= 15 is 0 Å². The maximum Gasteiger partial charge on any atom is 0.0721 e. The average molecular weight is 326 g/mol. The molecule has 0 aromatic heterocycles. The highest BCUT2D eigenvalue weighted by Gasteiger charge is 2.47. The van der Waals surface area contributed by atoms with Gasteiger partial charge < -0.3 is 0 Å². The highest BCUT2D eigenvalue weighted by atomic mass is 35.5. The lowest BCUT2D eigenvalue weighted by Crippen LogP contribution is -2.55. The number of fused-ring (bicyclic) bond motifs is 3. The van der Waals surface area contributed by atoms with Crippen molar-refractivity contribution in [2.45, 2.75) is 38.1 Å². The molecule has 2 aliphatic rings. The molecular weight excluding hydrogens is 302 g/mol. The maximum absolute atomic E-state index is 6.17. The second-order valence-corrected chi connectivity index (χ2v) is 7.46. The van der Waals surface area contributed by atoms with Crippen molar-refractivity contribution in [3.05, 3.63) is 70.2 Å². The smallest absolute Gasteiger partial charge is 0.0721 e. The first-order valence-electron chi connectivity index (χ1n) is 8.83. The zero-order valence-corrected chi connectivity index (χ0v) is 14.5. The van der Waals surface area contributed by atoms with Crippen molar-refractivity contribution in [2.24, 2.45) is 5.92 Å². The molecule has 2 aliphatic heterocycles. The summed E-state index contributed by atoms with van der Waals surface area (Å²) < 4.78 is 0. The molecule has 23 heavy (non-hydrogen) atoms. The van der Waals surface area contributed by atoms with Crippen molar-refractivity contribution in [1.29, 1.82) is 0 Å². The number of nitrogens with zero attached hydrogens (tertiary/aromatic N) is 1. The van der Waals surface area contributed by atoms with E-state index in [2.05, 4.69) is 60.4 Å². The van der Waals surface area contributed by atoms with Crippen molar-refractivity contribution in [3.63, 3.8) is 0 Å². The average Bonchev–Trinajstić information content (AvgIpc) is 2.61. The molecule has 4 rings (SSSR count). The molecule has 0 amide bonds. The first-order valence-corrected chi connectivity index (χ1v) is 9.21. The van der Waals surface area contributed by atoms with Crippen LogP contribution in [0.1, 0.15) is 42.9 Å². The van der Waals surface area contributed by atoms with Gasteiger partial charge in [0.2, 0.25) is 0 Å². The Balaban J connectivity index is 1.92. The van der Waals surface area contributed by atoms with Gasteiger partial charge in [-0.3, -0.25) is 4.90 Å². The number of hydrogen-bond donors (Lipinski definition) is 0. The SMILES string of the molecule is CCC1CCN2CCc3ccccc3C2(c2ccc(Cl)cc2)C1. The molecule has 2 aromatic carbocycles. The Morgan fingerprint density at radius 2 is 1.87 bits per heavy atom. The van der Waals surface area contributed by atoms with Gasteiger partial charge in [-0.15, -0.1) is 0 Å². The third kappa shape index (κ3) is 2.42. The Kier molecular flexibility index (Phi) is 3.95. The van der Waals surface area contributed by atoms with Crippen molar-refractivity contribution in [1.82, 2.24) is 4.90 Å². The van der Waals surface area contributed by atoms with E-state index in [1.54, 1.807) is 0 Å². The van der Waals surface area contributed by atoms with Gasteiger partial charge in [-0.25, -0.2) is 0 Å². The van der Waals surface area contributed by atoms with Crippen molar-refractivity contribution < 1.29 is 0 Å². The van der Waals surface area contributed by atoms with E-state index in [0.29, 0.717) is 0 Å². The number of halogens is 1. The standard InChI is InChI=1S/C21H24ClN/c1-2-16-11-13-23-14-12-17-5-3-4-6-20(17)21(23,15-16)18-7-9-19(22)10-8-18/h3-10,16H,2,11-15H2,1H3. The third-order valence-corrected chi connectivity index (χ3v) is 6.20. The summed E-state index contributed by atoms with van der Waals surface area (Å²) in [7, 11) is 0. The van der Waals surface area contributed by atoms with Gasteiger partial charge in [0.1, 0.15) is 0 Å². The van der Waals surface area contributed by atoms with E-state index in [4.69, 9.17) is 11.6 Å². The van der Waals surface area contributed by atoms with Gasteiger partial charge in [0, 0.05) is 11.6 Å². The van der Waals surface area contributed by atoms with Crippen LogP contribution in [0, 0.1) is 5.92 Å². The fourth-order valence-corrected chi connectivity index (χ4v) is 4.81. The molecule has 1 fully saturated rings. The van der Waals surface area contributed by atoms with E-state index in [1.807, 2.05) is 0 Å². The molecule has 2 atom stereocenters. The minimum absolute atomic E-state index is 0.0400. The molecule has 120 valence electrons. The van der Waals surface area contributed by atoms with E-state index < -0.39 is 0 Å². The summed E-state index contributed by atoms with van der Waals surface area (Å²) in [4.78, 5) is 2.73. The van der Waals surface area contributed by atoms with Crippen LogP contribution < -0.4 is 0 Å². The molecule has 0 N–H and O–H groups in total. The summed E-state index contributed by atoms with van der Waals surface area (Å²) in [6.45, 7) is 4.70. The molecule has 1 saturated heterocycles. The first kappa shape index (κ1) is 15.2. The van der Waals surface area contributed by atoms with Crippen molar-refractivity contribution in [2.75, 3.05) is 13.1 Å².